The van der Waals surface area contributed by atoms with Gasteiger partial charge in [-0.15, -0.1) is 0 Å². The van der Waals surface area contributed by atoms with E-state index in [1.54, 1.807) is 0 Å². The number of anilines is 1. The van der Waals surface area contributed by atoms with Crippen LogP contribution in [0, 0.1) is 17.6 Å². The van der Waals surface area contributed by atoms with Gasteiger partial charge in [0.15, 0.2) is 4.77 Å². The maximum atomic E-state index is 12.2. The number of amides is 1. The molecule has 0 bridgehead atoms. The summed E-state index contributed by atoms with van der Waals surface area (Å²) in [5.41, 5.74) is 1.57. The number of carbonyl (C=O) groups excluding carboxylic acids is 1. The third kappa shape index (κ3) is 4.35. The van der Waals surface area contributed by atoms with Crippen LogP contribution in [0.1, 0.15) is 38.4 Å². The predicted molar refractivity (Wildman–Crippen MR) is 99.5 cm³/mol. The second-order valence-corrected chi connectivity index (χ2v) is 7.01. The molecule has 1 amide bonds. The molecule has 1 aliphatic carbocycles. The molecule has 0 aliphatic heterocycles. The summed E-state index contributed by atoms with van der Waals surface area (Å²) < 4.78 is 8.17. The van der Waals surface area contributed by atoms with E-state index in [0.29, 0.717) is 16.4 Å². The van der Waals surface area contributed by atoms with E-state index in [9.17, 15) is 4.79 Å². The molecule has 0 saturated heterocycles. The number of ether oxygens (including phenoxy) is 1. The third-order valence-electron chi connectivity index (χ3n) is 4.69. The fraction of sp³-hybridized carbons (Fsp3) is 0.500. The van der Waals surface area contributed by atoms with Crippen LogP contribution < -0.4 is 5.32 Å². The standard InChI is InChI=1S/C18H24N4O2S/c1-12-6-3-4-9-16(12)24-11-17(23)19-14-7-5-8-15(10-14)22-13(2)20-21-18(22)25/h5,7-8,10,12,16H,3-4,6,9,11H2,1-2H3,(H,19,23)(H,21,25). The van der Waals surface area contributed by atoms with Gasteiger partial charge in [-0.05, 0) is 56.1 Å². The topological polar surface area (TPSA) is 71.9 Å². The van der Waals surface area contributed by atoms with Crippen LogP contribution in [0.5, 0.6) is 0 Å². The van der Waals surface area contributed by atoms with Crippen LogP contribution in [0.4, 0.5) is 5.69 Å². The van der Waals surface area contributed by atoms with Crippen molar-refractivity contribution >= 4 is 23.8 Å². The van der Waals surface area contributed by atoms with Crippen LogP contribution >= 0.6 is 12.2 Å². The van der Waals surface area contributed by atoms with E-state index < -0.39 is 0 Å². The highest BCUT2D eigenvalue weighted by molar-refractivity contribution is 7.71. The van der Waals surface area contributed by atoms with Crippen LogP contribution in [-0.4, -0.2) is 33.4 Å². The third-order valence-corrected chi connectivity index (χ3v) is 4.96. The molecule has 1 heterocycles. The van der Waals surface area contributed by atoms with Crippen LogP contribution in [0.25, 0.3) is 5.69 Å². The van der Waals surface area contributed by atoms with Gasteiger partial charge in [-0.2, -0.15) is 5.10 Å². The molecule has 2 atom stereocenters. The van der Waals surface area contributed by atoms with Gasteiger partial charge in [0.2, 0.25) is 5.91 Å². The highest BCUT2D eigenvalue weighted by atomic mass is 32.1. The van der Waals surface area contributed by atoms with Gasteiger partial charge < -0.3 is 10.1 Å². The first-order valence-corrected chi connectivity index (χ1v) is 9.11. The number of hydrogen-bond acceptors (Lipinski definition) is 4. The Bertz CT molecular complexity index is 798. The van der Waals surface area contributed by atoms with Crippen molar-refractivity contribution in [2.75, 3.05) is 11.9 Å². The van der Waals surface area contributed by atoms with E-state index in [1.807, 2.05) is 35.8 Å². The average molecular weight is 360 g/mol. The first-order chi connectivity index (χ1) is 12.0. The molecular weight excluding hydrogens is 336 g/mol. The van der Waals surface area contributed by atoms with Crippen LogP contribution in [0.2, 0.25) is 0 Å². The summed E-state index contributed by atoms with van der Waals surface area (Å²) in [6.07, 6.45) is 4.86. The van der Waals surface area contributed by atoms with Gasteiger partial charge in [0.05, 0.1) is 11.8 Å². The van der Waals surface area contributed by atoms with Crippen molar-refractivity contribution in [3.63, 3.8) is 0 Å². The number of hydrogen-bond donors (Lipinski definition) is 2. The summed E-state index contributed by atoms with van der Waals surface area (Å²) in [7, 11) is 0. The maximum Gasteiger partial charge on any atom is 0.250 e. The van der Waals surface area contributed by atoms with E-state index in [0.717, 1.165) is 17.9 Å². The SMILES string of the molecule is Cc1n[nH]c(=S)n1-c1cccc(NC(=O)COC2CCCCC2C)c1. The Morgan fingerprint density at radius 3 is 2.96 bits per heavy atom. The van der Waals surface area contributed by atoms with Gasteiger partial charge in [0.1, 0.15) is 12.4 Å². The zero-order valence-corrected chi connectivity index (χ0v) is 15.4. The number of aromatic amines is 1. The summed E-state index contributed by atoms with van der Waals surface area (Å²) in [5, 5.41) is 9.77. The molecule has 6 nitrogen and oxygen atoms in total. The Morgan fingerprint density at radius 2 is 2.24 bits per heavy atom. The Balaban J connectivity index is 1.62. The van der Waals surface area contributed by atoms with Crippen molar-refractivity contribution < 1.29 is 9.53 Å². The lowest BCUT2D eigenvalue weighted by atomic mass is 9.88. The number of rotatable bonds is 5. The van der Waals surface area contributed by atoms with Crippen molar-refractivity contribution in [1.82, 2.24) is 14.8 Å². The molecule has 1 saturated carbocycles. The Morgan fingerprint density at radius 1 is 1.44 bits per heavy atom. The molecule has 1 aromatic heterocycles. The molecule has 1 aromatic carbocycles. The molecule has 0 radical (unpaired) electrons. The molecule has 134 valence electrons. The van der Waals surface area contributed by atoms with E-state index in [1.165, 1.54) is 19.3 Å². The fourth-order valence-electron chi connectivity index (χ4n) is 3.31. The van der Waals surface area contributed by atoms with Crippen molar-refractivity contribution in [3.8, 4) is 5.69 Å². The summed E-state index contributed by atoms with van der Waals surface area (Å²) >= 11 is 5.25. The maximum absolute atomic E-state index is 12.2. The zero-order valence-electron chi connectivity index (χ0n) is 14.6. The first kappa shape index (κ1) is 17.8. The van der Waals surface area contributed by atoms with Crippen molar-refractivity contribution in [2.45, 2.75) is 45.6 Å². The number of aryl methyl sites for hydroxylation is 1. The highest BCUT2D eigenvalue weighted by Crippen LogP contribution is 2.26. The van der Waals surface area contributed by atoms with Gasteiger partial charge in [-0.25, -0.2) is 0 Å². The number of benzene rings is 1. The lowest BCUT2D eigenvalue weighted by Gasteiger charge is -2.28. The summed E-state index contributed by atoms with van der Waals surface area (Å²) in [5.74, 6) is 1.15. The number of nitrogens with zero attached hydrogens (tertiary/aromatic N) is 2. The van der Waals surface area contributed by atoms with Gasteiger partial charge in [0.25, 0.3) is 0 Å². The Hall–Kier alpha value is -1.99. The van der Waals surface area contributed by atoms with Gasteiger partial charge in [-0.3, -0.25) is 14.5 Å². The van der Waals surface area contributed by atoms with Crippen LogP contribution in [0.3, 0.4) is 0 Å². The van der Waals surface area contributed by atoms with Gasteiger partial charge in [0, 0.05) is 5.69 Å². The van der Waals surface area contributed by atoms with Gasteiger partial charge >= 0.3 is 0 Å². The quantitative estimate of drug-likeness (QED) is 0.796. The predicted octanol–water partition coefficient (Wildman–Crippen LogP) is 3.77. The van der Waals surface area contributed by atoms with Gasteiger partial charge in [-0.1, -0.05) is 25.8 Å². The minimum absolute atomic E-state index is 0.0867. The normalized spacial score (nSPS) is 20.4. The minimum atomic E-state index is -0.137. The molecule has 3 rings (SSSR count). The van der Waals surface area contributed by atoms with E-state index >= 15 is 0 Å². The summed E-state index contributed by atoms with van der Waals surface area (Å²) in [6, 6.07) is 7.53. The molecule has 2 N–H and O–H groups in total. The van der Waals surface area contributed by atoms with Crippen molar-refractivity contribution in [2.24, 2.45) is 5.92 Å². The summed E-state index contributed by atoms with van der Waals surface area (Å²) in [6.45, 7) is 4.15. The smallest absolute Gasteiger partial charge is 0.250 e. The van der Waals surface area contributed by atoms with E-state index in [-0.39, 0.29) is 18.6 Å². The molecule has 2 unspecified atom stereocenters. The molecule has 7 heteroatoms. The monoisotopic (exact) mass is 360 g/mol. The summed E-state index contributed by atoms with van der Waals surface area (Å²) in [4.78, 5) is 12.2. The lowest BCUT2D eigenvalue weighted by Crippen LogP contribution is -2.29. The molecule has 0 spiro atoms. The molecule has 25 heavy (non-hydrogen) atoms. The Kier molecular flexibility index (Phi) is 5.65. The zero-order chi connectivity index (χ0) is 17.8. The Labute approximate surface area is 152 Å². The lowest BCUT2D eigenvalue weighted by molar-refractivity contribution is -0.124. The fourth-order valence-corrected chi connectivity index (χ4v) is 3.60. The second-order valence-electron chi connectivity index (χ2n) is 6.62. The minimum Gasteiger partial charge on any atom is -0.368 e. The van der Waals surface area contributed by atoms with Crippen LogP contribution in [-0.2, 0) is 9.53 Å². The average Bonchev–Trinajstić information content (AvgIpc) is 2.93. The molecule has 1 fully saturated rings. The molecular formula is C18H24N4O2S. The number of carbonyl (C=O) groups is 1. The van der Waals surface area contributed by atoms with Crippen LogP contribution in [0.15, 0.2) is 24.3 Å². The van der Waals surface area contributed by atoms with Crippen molar-refractivity contribution in [3.05, 3.63) is 34.9 Å². The first-order valence-electron chi connectivity index (χ1n) is 8.70. The highest BCUT2D eigenvalue weighted by Gasteiger charge is 2.22. The molecule has 1 aliphatic rings. The number of H-pyrrole nitrogens is 1. The second kappa shape index (κ2) is 7.93. The molecule has 2 aromatic rings. The largest absolute Gasteiger partial charge is 0.368 e. The van der Waals surface area contributed by atoms with E-state index in [4.69, 9.17) is 17.0 Å². The number of aromatic nitrogens is 3. The van der Waals surface area contributed by atoms with Crippen molar-refractivity contribution in [1.29, 1.82) is 0 Å². The van der Waals surface area contributed by atoms with E-state index in [2.05, 4.69) is 22.4 Å². The number of nitrogens with one attached hydrogen (secondary N) is 2.